The van der Waals surface area contributed by atoms with Crippen LogP contribution in [0.15, 0.2) is 18.2 Å². The summed E-state index contributed by atoms with van der Waals surface area (Å²) in [5.41, 5.74) is -0.251. The molecule has 0 aliphatic carbocycles. The highest BCUT2D eigenvalue weighted by atomic mass is 32.2. The maximum Gasteiger partial charge on any atom is 0.408 e. The van der Waals surface area contributed by atoms with Crippen LogP contribution in [0, 0.1) is 11.7 Å². The monoisotopic (exact) mass is 621 g/mol. The molecule has 10 nitrogen and oxygen atoms in total. The van der Waals surface area contributed by atoms with Gasteiger partial charge in [0.1, 0.15) is 23.5 Å². The lowest BCUT2D eigenvalue weighted by atomic mass is 9.90. The molecular weight excluding hydrogens is 573 g/mol. The fraction of sp³-hybridized carbons (Fsp3) is 0.677. The van der Waals surface area contributed by atoms with Gasteiger partial charge in [-0.3, -0.25) is 14.4 Å². The topological polar surface area (TPSA) is 120 Å². The number of rotatable bonds is 9. The minimum atomic E-state index is -0.894. The maximum absolute atomic E-state index is 15.4. The molecule has 0 spiro atoms. The van der Waals surface area contributed by atoms with Crippen molar-refractivity contribution in [3.05, 3.63) is 29.6 Å². The van der Waals surface area contributed by atoms with E-state index in [4.69, 9.17) is 4.74 Å². The summed E-state index contributed by atoms with van der Waals surface area (Å²) in [7, 11) is 1.99. The maximum atomic E-state index is 15.4. The number of benzene rings is 1. The van der Waals surface area contributed by atoms with Gasteiger partial charge in [-0.2, -0.15) is 11.8 Å². The van der Waals surface area contributed by atoms with Gasteiger partial charge in [0, 0.05) is 44.3 Å². The Morgan fingerprint density at radius 3 is 2.40 bits per heavy atom. The van der Waals surface area contributed by atoms with Crippen molar-refractivity contribution >= 4 is 41.3 Å². The number of nitrogens with one attached hydrogen (secondary N) is 3. The van der Waals surface area contributed by atoms with E-state index in [0.717, 1.165) is 38.1 Å². The Bertz CT molecular complexity index is 1140. The number of ether oxygens (including phenoxy) is 1. The molecule has 3 N–H and O–H groups in total. The lowest BCUT2D eigenvalue weighted by Crippen LogP contribution is -2.54. The van der Waals surface area contributed by atoms with Crippen molar-refractivity contribution in [2.45, 2.75) is 89.7 Å². The van der Waals surface area contributed by atoms with E-state index in [1.165, 1.54) is 12.1 Å². The molecule has 2 aliphatic heterocycles. The Balaban J connectivity index is 1.75. The van der Waals surface area contributed by atoms with Gasteiger partial charge >= 0.3 is 6.09 Å². The third-order valence-electron chi connectivity index (χ3n) is 7.76. The number of alkyl carbamates (subject to hydrolysis) is 1. The van der Waals surface area contributed by atoms with Crippen molar-refractivity contribution in [2.75, 3.05) is 44.3 Å². The molecule has 240 valence electrons. The van der Waals surface area contributed by atoms with E-state index in [1.54, 1.807) is 38.7 Å². The van der Waals surface area contributed by atoms with Crippen LogP contribution in [0.25, 0.3) is 0 Å². The molecule has 4 amide bonds. The number of amides is 4. The fourth-order valence-corrected chi connectivity index (χ4v) is 6.38. The van der Waals surface area contributed by atoms with Crippen LogP contribution < -0.4 is 16.0 Å². The molecule has 0 unspecified atom stereocenters. The van der Waals surface area contributed by atoms with Crippen LogP contribution in [0.5, 0.6) is 0 Å². The molecule has 0 bridgehead atoms. The second kappa shape index (κ2) is 15.7. The van der Waals surface area contributed by atoms with Crippen molar-refractivity contribution in [1.29, 1.82) is 0 Å². The highest BCUT2D eigenvalue weighted by Crippen LogP contribution is 2.30. The van der Waals surface area contributed by atoms with Gasteiger partial charge in [0.25, 0.3) is 0 Å². The lowest BCUT2D eigenvalue weighted by molar-refractivity contribution is -0.137. The quantitative estimate of drug-likeness (QED) is 0.384. The van der Waals surface area contributed by atoms with Crippen LogP contribution in [0.2, 0.25) is 0 Å². The predicted octanol–water partition coefficient (Wildman–Crippen LogP) is 3.79. The number of hydrogen-bond donors (Lipinski definition) is 3. The van der Waals surface area contributed by atoms with E-state index in [2.05, 4.69) is 27.8 Å². The number of likely N-dealkylation sites (N-methyl/N-ethyl adjacent to an activating group) is 1. The number of nitrogens with zero attached hydrogens (tertiary/aromatic N) is 2. The highest BCUT2D eigenvalue weighted by molar-refractivity contribution is 7.99. The van der Waals surface area contributed by atoms with Gasteiger partial charge in [-0.25, -0.2) is 9.18 Å². The van der Waals surface area contributed by atoms with Gasteiger partial charge in [-0.15, -0.1) is 0 Å². The van der Waals surface area contributed by atoms with Crippen molar-refractivity contribution in [1.82, 2.24) is 20.4 Å². The number of thioether (sulfide) groups is 1. The molecule has 43 heavy (non-hydrogen) atoms. The normalized spacial score (nSPS) is 21.2. The minimum Gasteiger partial charge on any atom is -0.444 e. The van der Waals surface area contributed by atoms with Crippen molar-refractivity contribution in [3.8, 4) is 0 Å². The van der Waals surface area contributed by atoms with E-state index >= 15 is 4.39 Å². The summed E-state index contributed by atoms with van der Waals surface area (Å²) < 4.78 is 20.8. The average molecular weight is 622 g/mol. The summed E-state index contributed by atoms with van der Waals surface area (Å²) in [6.07, 6.45) is 2.03. The van der Waals surface area contributed by atoms with Crippen LogP contribution in [0.3, 0.4) is 0 Å². The van der Waals surface area contributed by atoms with Gasteiger partial charge in [0.2, 0.25) is 17.7 Å². The Labute approximate surface area is 259 Å². The molecule has 1 aromatic carbocycles. The summed E-state index contributed by atoms with van der Waals surface area (Å²) >= 11 is 1.84. The molecule has 0 saturated carbocycles. The zero-order chi connectivity index (χ0) is 31.7. The molecule has 0 aromatic heterocycles. The smallest absolute Gasteiger partial charge is 0.408 e. The largest absolute Gasteiger partial charge is 0.444 e. The summed E-state index contributed by atoms with van der Waals surface area (Å²) in [5.74, 6) is -0.904. The molecule has 2 aliphatic rings. The van der Waals surface area contributed by atoms with Gasteiger partial charge in [0.05, 0.1) is 5.69 Å². The second-order valence-corrected chi connectivity index (χ2v) is 14.1. The SMILES string of the molecule is CCC(=O)N[C@H](Cc1ccc(NC(=O)[C@@H](NC(=O)OC(C)(C)C)[C@@H]2CCS[C@@H](C)CC2)c(F)c1)C(=O)N1CCN(C)CC1. The van der Waals surface area contributed by atoms with Gasteiger partial charge in [0.15, 0.2) is 0 Å². The van der Waals surface area contributed by atoms with E-state index in [-0.39, 0.29) is 36.3 Å². The number of piperazine rings is 1. The van der Waals surface area contributed by atoms with Crippen molar-refractivity contribution < 1.29 is 28.3 Å². The number of anilines is 1. The standard InChI is InChI=1S/C31H48FN5O5S/c1-7-26(38)33-25(29(40)37-15-13-36(6)14-16-37)19-21-9-11-24(23(32)18-21)34-28(39)27(35-30(41)42-31(3,4)5)22-10-8-20(2)43-17-12-22/h9,11,18,20,22,25,27H,7-8,10,12-17,19H2,1-6H3,(H,33,38)(H,34,39)(H,35,41)/t20-,22-,25+,27-/m0/s1. The molecule has 2 fully saturated rings. The van der Waals surface area contributed by atoms with Gasteiger partial charge in [-0.1, -0.05) is 19.9 Å². The average Bonchev–Trinajstić information content (AvgIpc) is 3.15. The first-order valence-corrected chi connectivity index (χ1v) is 16.3. The summed E-state index contributed by atoms with van der Waals surface area (Å²) in [6, 6.07) is 2.65. The van der Waals surface area contributed by atoms with Crippen molar-refractivity contribution in [3.63, 3.8) is 0 Å². The Morgan fingerprint density at radius 1 is 1.07 bits per heavy atom. The summed E-state index contributed by atoms with van der Waals surface area (Å²) in [4.78, 5) is 55.6. The third kappa shape index (κ3) is 11.0. The molecule has 0 radical (unpaired) electrons. The highest BCUT2D eigenvalue weighted by Gasteiger charge is 2.34. The molecule has 1 aromatic rings. The predicted molar refractivity (Wildman–Crippen MR) is 167 cm³/mol. The van der Waals surface area contributed by atoms with Crippen LogP contribution in [0.1, 0.15) is 65.9 Å². The first-order valence-electron chi connectivity index (χ1n) is 15.2. The zero-order valence-electron chi connectivity index (χ0n) is 26.3. The molecule has 2 heterocycles. The summed E-state index contributed by atoms with van der Waals surface area (Å²) in [6.45, 7) is 11.7. The van der Waals surface area contributed by atoms with Crippen molar-refractivity contribution in [2.24, 2.45) is 5.92 Å². The lowest BCUT2D eigenvalue weighted by Gasteiger charge is -2.34. The first kappa shape index (κ1) is 34.6. The first-order chi connectivity index (χ1) is 20.3. The number of carbonyl (C=O) groups is 4. The third-order valence-corrected chi connectivity index (χ3v) is 9.04. The van der Waals surface area contributed by atoms with E-state index in [0.29, 0.717) is 23.9 Å². The molecule has 2 saturated heterocycles. The number of hydrogen-bond acceptors (Lipinski definition) is 7. The number of carbonyl (C=O) groups excluding carboxylic acids is 4. The summed E-state index contributed by atoms with van der Waals surface area (Å²) in [5, 5.41) is 8.66. The molecular formula is C31H48FN5O5S. The molecule has 4 atom stereocenters. The minimum absolute atomic E-state index is 0.0272. The van der Waals surface area contributed by atoms with Crippen LogP contribution >= 0.6 is 11.8 Å². The zero-order valence-corrected chi connectivity index (χ0v) is 27.2. The van der Waals surface area contributed by atoms with Crippen LogP contribution in [0.4, 0.5) is 14.9 Å². The second-order valence-electron chi connectivity index (χ2n) is 12.5. The Morgan fingerprint density at radius 2 is 1.77 bits per heavy atom. The fourth-order valence-electron chi connectivity index (χ4n) is 5.24. The van der Waals surface area contributed by atoms with Crippen LogP contribution in [-0.2, 0) is 25.5 Å². The Hall–Kier alpha value is -2.86. The van der Waals surface area contributed by atoms with E-state index < -0.39 is 35.5 Å². The molecule has 12 heteroatoms. The Kier molecular flexibility index (Phi) is 12.7. The van der Waals surface area contributed by atoms with Crippen LogP contribution in [-0.4, -0.2) is 95.5 Å². The number of halogens is 1. The van der Waals surface area contributed by atoms with Gasteiger partial charge in [-0.05, 0) is 76.4 Å². The van der Waals surface area contributed by atoms with Gasteiger partial charge < -0.3 is 30.5 Å². The van der Waals surface area contributed by atoms with E-state index in [1.807, 2.05) is 18.8 Å². The molecule has 3 rings (SSSR count). The van der Waals surface area contributed by atoms with E-state index in [9.17, 15) is 19.2 Å².